The standard InChI is InChI=1S/C30H24FN3O4S/c31-24-13-4-3-12-23(24)28(30(37)32-18-21-10-6-16-38-21)34(25-14-5-9-20-8-1-2-11-22(20)25)27(35)19-33-29(36)26-15-7-17-39-26/h1-17,28H,18-19H2,(H,32,37)(H,33,36)/t28-/m1/s1. The maximum absolute atomic E-state index is 15.3. The highest BCUT2D eigenvalue weighted by molar-refractivity contribution is 7.12. The number of furan rings is 1. The van der Waals surface area contributed by atoms with Crippen molar-refractivity contribution < 1.29 is 23.2 Å². The molecule has 5 rings (SSSR count). The minimum atomic E-state index is -1.38. The van der Waals surface area contributed by atoms with Crippen molar-refractivity contribution in [2.24, 2.45) is 0 Å². The van der Waals surface area contributed by atoms with Crippen molar-refractivity contribution >= 4 is 45.5 Å². The lowest BCUT2D eigenvalue weighted by atomic mass is 10.00. The molecule has 0 fully saturated rings. The number of nitrogens with zero attached hydrogens (tertiary/aromatic N) is 1. The topological polar surface area (TPSA) is 91.7 Å². The third-order valence-corrected chi connectivity index (χ3v) is 7.03. The van der Waals surface area contributed by atoms with Gasteiger partial charge >= 0.3 is 0 Å². The molecule has 5 aromatic rings. The van der Waals surface area contributed by atoms with E-state index in [9.17, 15) is 14.4 Å². The largest absolute Gasteiger partial charge is 0.467 e. The molecule has 3 aromatic carbocycles. The molecule has 0 saturated heterocycles. The first-order valence-corrected chi connectivity index (χ1v) is 13.1. The van der Waals surface area contributed by atoms with Gasteiger partial charge in [-0.2, -0.15) is 0 Å². The molecule has 1 atom stereocenters. The van der Waals surface area contributed by atoms with Gasteiger partial charge in [0.05, 0.1) is 29.9 Å². The van der Waals surface area contributed by atoms with E-state index in [4.69, 9.17) is 4.42 Å². The molecule has 9 heteroatoms. The number of amides is 3. The summed E-state index contributed by atoms with van der Waals surface area (Å²) in [6.07, 6.45) is 1.48. The van der Waals surface area contributed by atoms with Crippen LogP contribution in [0.15, 0.2) is 107 Å². The van der Waals surface area contributed by atoms with Crippen molar-refractivity contribution in [3.05, 3.63) is 125 Å². The van der Waals surface area contributed by atoms with Gasteiger partial charge < -0.3 is 15.1 Å². The summed E-state index contributed by atoms with van der Waals surface area (Å²) < 4.78 is 20.6. The molecule has 0 radical (unpaired) electrons. The normalized spacial score (nSPS) is 11.6. The lowest BCUT2D eigenvalue weighted by Crippen LogP contribution is -2.47. The molecule has 7 nitrogen and oxygen atoms in total. The van der Waals surface area contributed by atoms with E-state index in [2.05, 4.69) is 10.6 Å². The van der Waals surface area contributed by atoms with Crippen LogP contribution in [0.2, 0.25) is 0 Å². The first-order chi connectivity index (χ1) is 19.0. The predicted octanol–water partition coefficient (Wildman–Crippen LogP) is 5.45. The summed E-state index contributed by atoms with van der Waals surface area (Å²) in [7, 11) is 0. The summed E-state index contributed by atoms with van der Waals surface area (Å²) in [4.78, 5) is 42.0. The molecule has 39 heavy (non-hydrogen) atoms. The predicted molar refractivity (Wildman–Crippen MR) is 148 cm³/mol. The molecule has 0 aliphatic carbocycles. The molecular formula is C30H24FN3O4S. The van der Waals surface area contributed by atoms with Gasteiger partial charge in [0.1, 0.15) is 17.6 Å². The third kappa shape index (κ3) is 5.73. The van der Waals surface area contributed by atoms with E-state index in [1.54, 1.807) is 47.8 Å². The molecule has 0 bridgehead atoms. The van der Waals surface area contributed by atoms with E-state index in [1.165, 1.54) is 40.7 Å². The van der Waals surface area contributed by atoms with Crippen molar-refractivity contribution in [3.8, 4) is 0 Å². The second-order valence-corrected chi connectivity index (χ2v) is 9.59. The van der Waals surface area contributed by atoms with Gasteiger partial charge in [-0.3, -0.25) is 19.3 Å². The van der Waals surface area contributed by atoms with Crippen LogP contribution >= 0.6 is 11.3 Å². The Labute approximate surface area is 227 Å². The van der Waals surface area contributed by atoms with Gasteiger partial charge in [-0.1, -0.05) is 60.7 Å². The van der Waals surface area contributed by atoms with Crippen molar-refractivity contribution in [1.29, 1.82) is 0 Å². The molecule has 3 amide bonds. The average Bonchev–Trinajstić information content (AvgIpc) is 3.69. The van der Waals surface area contributed by atoms with Crippen LogP contribution in [0.4, 0.5) is 10.1 Å². The summed E-state index contributed by atoms with van der Waals surface area (Å²) in [6, 6.07) is 24.0. The Morgan fingerprint density at radius 1 is 0.872 bits per heavy atom. The number of halogens is 1. The maximum Gasteiger partial charge on any atom is 0.261 e. The lowest BCUT2D eigenvalue weighted by molar-refractivity contribution is -0.126. The number of nitrogens with one attached hydrogen (secondary N) is 2. The van der Waals surface area contributed by atoms with Gasteiger partial charge in [-0.05, 0) is 41.1 Å². The first kappa shape index (κ1) is 25.9. The van der Waals surface area contributed by atoms with Crippen LogP contribution in [0.25, 0.3) is 10.8 Å². The summed E-state index contributed by atoms with van der Waals surface area (Å²) in [5, 5.41) is 8.70. The lowest BCUT2D eigenvalue weighted by Gasteiger charge is -2.32. The van der Waals surface area contributed by atoms with Gasteiger partial charge in [-0.25, -0.2) is 4.39 Å². The quantitative estimate of drug-likeness (QED) is 0.260. The number of fused-ring (bicyclic) bond motifs is 1. The van der Waals surface area contributed by atoms with E-state index in [-0.39, 0.29) is 12.1 Å². The van der Waals surface area contributed by atoms with E-state index in [0.29, 0.717) is 21.7 Å². The number of hydrogen-bond donors (Lipinski definition) is 2. The van der Waals surface area contributed by atoms with Crippen LogP contribution in [0.5, 0.6) is 0 Å². The van der Waals surface area contributed by atoms with E-state index < -0.39 is 36.1 Å². The van der Waals surface area contributed by atoms with E-state index in [1.807, 2.05) is 30.3 Å². The molecular weight excluding hydrogens is 517 g/mol. The van der Waals surface area contributed by atoms with E-state index in [0.717, 1.165) is 5.39 Å². The number of benzene rings is 3. The van der Waals surface area contributed by atoms with Crippen LogP contribution in [0.1, 0.15) is 27.0 Å². The highest BCUT2D eigenvalue weighted by Crippen LogP contribution is 2.34. The number of rotatable bonds is 9. The van der Waals surface area contributed by atoms with Crippen LogP contribution in [-0.4, -0.2) is 24.3 Å². The Morgan fingerprint density at radius 3 is 2.44 bits per heavy atom. The minimum Gasteiger partial charge on any atom is -0.467 e. The van der Waals surface area contributed by atoms with Gasteiger partial charge in [0.2, 0.25) is 11.8 Å². The molecule has 0 unspecified atom stereocenters. The van der Waals surface area contributed by atoms with Gasteiger partial charge in [0.15, 0.2) is 0 Å². The number of hydrogen-bond acceptors (Lipinski definition) is 5. The van der Waals surface area contributed by atoms with Gasteiger partial charge in [-0.15, -0.1) is 11.3 Å². The Bertz CT molecular complexity index is 1600. The number of carbonyl (C=O) groups excluding carboxylic acids is 3. The number of carbonyl (C=O) groups is 3. The molecule has 0 aliphatic rings. The summed E-state index contributed by atoms with van der Waals surface area (Å²) in [5.41, 5.74) is 0.421. The fourth-order valence-corrected chi connectivity index (χ4v) is 4.99. The van der Waals surface area contributed by atoms with Crippen LogP contribution in [-0.2, 0) is 16.1 Å². The Balaban J connectivity index is 1.58. The molecule has 0 spiro atoms. The van der Waals surface area contributed by atoms with Crippen molar-refractivity contribution in [3.63, 3.8) is 0 Å². The van der Waals surface area contributed by atoms with Gasteiger partial charge in [0.25, 0.3) is 5.91 Å². The SMILES string of the molecule is O=C(NCC(=O)N(c1cccc2ccccc12)[C@@H](C(=O)NCc1ccco1)c1ccccc1F)c1cccs1. The van der Waals surface area contributed by atoms with Gasteiger partial charge in [0, 0.05) is 10.9 Å². The molecule has 2 N–H and O–H groups in total. The highest BCUT2D eigenvalue weighted by atomic mass is 32.1. The zero-order valence-electron chi connectivity index (χ0n) is 20.7. The zero-order chi connectivity index (χ0) is 27.2. The number of anilines is 1. The Morgan fingerprint density at radius 2 is 1.67 bits per heavy atom. The average molecular weight is 542 g/mol. The zero-order valence-corrected chi connectivity index (χ0v) is 21.5. The second-order valence-electron chi connectivity index (χ2n) is 8.64. The first-order valence-electron chi connectivity index (χ1n) is 12.2. The monoisotopic (exact) mass is 541 g/mol. The molecule has 2 heterocycles. The van der Waals surface area contributed by atoms with Crippen LogP contribution in [0, 0.1) is 5.82 Å². The molecule has 2 aromatic heterocycles. The summed E-state index contributed by atoms with van der Waals surface area (Å²) in [5.74, 6) is -1.75. The third-order valence-electron chi connectivity index (χ3n) is 6.16. The highest BCUT2D eigenvalue weighted by Gasteiger charge is 2.35. The Hall–Kier alpha value is -4.76. The second kappa shape index (κ2) is 11.7. The van der Waals surface area contributed by atoms with Crippen LogP contribution < -0.4 is 15.5 Å². The van der Waals surface area contributed by atoms with Crippen LogP contribution in [0.3, 0.4) is 0 Å². The fourth-order valence-electron chi connectivity index (χ4n) is 4.35. The van der Waals surface area contributed by atoms with Crippen molar-refractivity contribution in [1.82, 2.24) is 10.6 Å². The molecule has 0 aliphatic heterocycles. The van der Waals surface area contributed by atoms with Crippen molar-refractivity contribution in [2.75, 3.05) is 11.4 Å². The van der Waals surface area contributed by atoms with Crippen molar-refractivity contribution in [2.45, 2.75) is 12.6 Å². The smallest absolute Gasteiger partial charge is 0.261 e. The Kier molecular flexibility index (Phi) is 7.79. The molecule has 0 saturated carbocycles. The number of thiophene rings is 1. The summed E-state index contributed by atoms with van der Waals surface area (Å²) in [6.45, 7) is -0.361. The maximum atomic E-state index is 15.3. The summed E-state index contributed by atoms with van der Waals surface area (Å²) >= 11 is 1.25. The fraction of sp³-hybridized carbons (Fsp3) is 0.100. The molecule has 196 valence electrons. The van der Waals surface area contributed by atoms with E-state index >= 15 is 4.39 Å². The minimum absolute atomic E-state index is 0.0142.